The number of benzene rings is 3. The van der Waals surface area contributed by atoms with Gasteiger partial charge < -0.3 is 14.8 Å². The molecule has 0 saturated carbocycles. The summed E-state index contributed by atoms with van der Waals surface area (Å²) in [6.07, 6.45) is 1.47. The Morgan fingerprint density at radius 1 is 1.15 bits per heavy atom. The van der Waals surface area contributed by atoms with E-state index >= 15 is 0 Å². The number of nitro benzene ring substituents is 1. The number of amides is 1. The van der Waals surface area contributed by atoms with Gasteiger partial charge in [-0.2, -0.15) is 5.26 Å². The summed E-state index contributed by atoms with van der Waals surface area (Å²) < 4.78 is 11.8. The third-order valence-electron chi connectivity index (χ3n) is 4.55. The van der Waals surface area contributed by atoms with Crippen LogP contribution in [0.25, 0.3) is 6.08 Å². The second kappa shape index (κ2) is 11.6. The minimum absolute atomic E-state index is 0.00687. The van der Waals surface area contributed by atoms with Crippen molar-refractivity contribution in [3.63, 3.8) is 0 Å². The fourth-order valence-electron chi connectivity index (χ4n) is 2.99. The first-order valence-corrected chi connectivity index (χ1v) is 11.0. The lowest BCUT2D eigenvalue weighted by Gasteiger charge is -2.10. The molecular formula is C25H20BrN3O5. The lowest BCUT2D eigenvalue weighted by molar-refractivity contribution is -0.384. The molecule has 0 unspecified atom stereocenters. The summed E-state index contributed by atoms with van der Waals surface area (Å²) in [7, 11) is 0. The quantitative estimate of drug-likeness (QED) is 0.162. The van der Waals surface area contributed by atoms with Crippen LogP contribution < -0.4 is 14.8 Å². The number of nitriles is 1. The Kier molecular flexibility index (Phi) is 8.37. The molecular weight excluding hydrogens is 502 g/mol. The number of non-ortho nitro benzene ring substituents is 1. The molecule has 34 heavy (non-hydrogen) atoms. The normalized spacial score (nSPS) is 10.8. The van der Waals surface area contributed by atoms with Gasteiger partial charge in [-0.3, -0.25) is 14.9 Å². The van der Waals surface area contributed by atoms with E-state index in [9.17, 15) is 20.2 Å². The number of hydrogen-bond acceptors (Lipinski definition) is 6. The number of carbonyl (C=O) groups excluding carboxylic acids is 1. The van der Waals surface area contributed by atoms with E-state index in [4.69, 9.17) is 9.47 Å². The molecule has 0 heterocycles. The maximum Gasteiger partial charge on any atom is 0.269 e. The minimum atomic E-state index is -0.543. The van der Waals surface area contributed by atoms with Gasteiger partial charge in [-0.25, -0.2) is 0 Å². The molecule has 8 nitrogen and oxygen atoms in total. The second-order valence-electron chi connectivity index (χ2n) is 6.99. The SMILES string of the molecule is CCOc1cccc(NC(=O)/C(C#N)=C\c2ccc(OCc3cccc([N+](=O)[O-])c3)c(Br)c2)c1. The van der Waals surface area contributed by atoms with Crippen molar-refractivity contribution < 1.29 is 19.2 Å². The first kappa shape index (κ1) is 24.5. The smallest absolute Gasteiger partial charge is 0.269 e. The van der Waals surface area contributed by atoms with Gasteiger partial charge >= 0.3 is 0 Å². The number of anilines is 1. The van der Waals surface area contributed by atoms with Crippen LogP contribution >= 0.6 is 15.9 Å². The molecule has 0 radical (unpaired) electrons. The van der Waals surface area contributed by atoms with E-state index in [1.54, 1.807) is 54.6 Å². The molecule has 0 atom stereocenters. The number of ether oxygens (including phenoxy) is 2. The van der Waals surface area contributed by atoms with Gasteiger partial charge in [-0.15, -0.1) is 0 Å². The third-order valence-corrected chi connectivity index (χ3v) is 5.17. The van der Waals surface area contributed by atoms with Crippen molar-refractivity contribution in [1.82, 2.24) is 0 Å². The average Bonchev–Trinajstić information content (AvgIpc) is 2.82. The first-order valence-electron chi connectivity index (χ1n) is 10.2. The van der Waals surface area contributed by atoms with Crippen molar-refractivity contribution in [1.29, 1.82) is 5.26 Å². The number of nitrogens with zero attached hydrogens (tertiary/aromatic N) is 2. The zero-order valence-electron chi connectivity index (χ0n) is 18.2. The number of hydrogen-bond donors (Lipinski definition) is 1. The Bertz CT molecular complexity index is 1280. The summed E-state index contributed by atoms with van der Waals surface area (Å²) in [6.45, 7) is 2.51. The molecule has 0 saturated heterocycles. The largest absolute Gasteiger partial charge is 0.494 e. The van der Waals surface area contributed by atoms with Gasteiger partial charge in [-0.1, -0.05) is 24.3 Å². The molecule has 0 aliphatic heterocycles. The van der Waals surface area contributed by atoms with Crippen molar-refractivity contribution in [2.75, 3.05) is 11.9 Å². The van der Waals surface area contributed by atoms with Gasteiger partial charge in [0, 0.05) is 23.9 Å². The molecule has 0 aromatic heterocycles. The Morgan fingerprint density at radius 2 is 1.94 bits per heavy atom. The van der Waals surface area contributed by atoms with Crippen molar-refractivity contribution in [2.45, 2.75) is 13.5 Å². The van der Waals surface area contributed by atoms with Crippen LogP contribution in [0.2, 0.25) is 0 Å². The molecule has 0 bridgehead atoms. The standard InChI is InChI=1S/C25H20BrN3O5/c1-2-33-22-8-4-6-20(14-22)28-25(30)19(15-27)11-17-9-10-24(23(26)13-17)34-16-18-5-3-7-21(12-18)29(31)32/h3-14H,2,16H2,1H3,(H,28,30)/b19-11-. The highest BCUT2D eigenvalue weighted by atomic mass is 79.9. The molecule has 0 spiro atoms. The van der Waals surface area contributed by atoms with E-state index < -0.39 is 10.8 Å². The summed E-state index contributed by atoms with van der Waals surface area (Å²) in [6, 6.07) is 20.1. The van der Waals surface area contributed by atoms with Gasteiger partial charge in [0.15, 0.2) is 0 Å². The predicted molar refractivity (Wildman–Crippen MR) is 131 cm³/mol. The van der Waals surface area contributed by atoms with Gasteiger partial charge in [0.2, 0.25) is 0 Å². The molecule has 0 aliphatic rings. The predicted octanol–water partition coefficient (Wildman–Crippen LogP) is 5.88. The van der Waals surface area contributed by atoms with E-state index in [0.29, 0.717) is 39.4 Å². The van der Waals surface area contributed by atoms with Gasteiger partial charge in [0.05, 0.1) is 16.0 Å². The van der Waals surface area contributed by atoms with Crippen LogP contribution in [0.3, 0.4) is 0 Å². The topological polar surface area (TPSA) is 114 Å². The molecule has 0 fully saturated rings. The van der Waals surface area contributed by atoms with Gasteiger partial charge in [0.25, 0.3) is 11.6 Å². The van der Waals surface area contributed by atoms with Crippen LogP contribution in [0.5, 0.6) is 11.5 Å². The summed E-state index contributed by atoms with van der Waals surface area (Å²) >= 11 is 3.42. The molecule has 9 heteroatoms. The minimum Gasteiger partial charge on any atom is -0.494 e. The summed E-state index contributed by atoms with van der Waals surface area (Å²) in [4.78, 5) is 23.0. The van der Waals surface area contributed by atoms with Crippen molar-refractivity contribution in [2.24, 2.45) is 0 Å². The van der Waals surface area contributed by atoms with Crippen molar-refractivity contribution in [3.05, 3.63) is 98.0 Å². The molecule has 3 aromatic carbocycles. The molecule has 1 N–H and O–H groups in total. The summed E-state index contributed by atoms with van der Waals surface area (Å²) in [5, 5.41) is 23.1. The van der Waals surface area contributed by atoms with Gasteiger partial charge in [-0.05, 0) is 64.3 Å². The van der Waals surface area contributed by atoms with Crippen LogP contribution in [0.4, 0.5) is 11.4 Å². The zero-order chi connectivity index (χ0) is 24.5. The van der Waals surface area contributed by atoms with E-state index in [2.05, 4.69) is 21.2 Å². The van der Waals surface area contributed by atoms with Crippen LogP contribution in [0.1, 0.15) is 18.1 Å². The van der Waals surface area contributed by atoms with Crippen LogP contribution in [-0.4, -0.2) is 17.4 Å². The van der Waals surface area contributed by atoms with Crippen LogP contribution in [-0.2, 0) is 11.4 Å². The molecule has 0 aliphatic carbocycles. The monoisotopic (exact) mass is 521 g/mol. The second-order valence-corrected chi connectivity index (χ2v) is 7.84. The number of carbonyl (C=O) groups is 1. The molecule has 3 rings (SSSR count). The summed E-state index contributed by atoms with van der Waals surface area (Å²) in [5.74, 6) is 0.588. The first-order chi connectivity index (χ1) is 16.4. The fourth-order valence-corrected chi connectivity index (χ4v) is 3.50. The molecule has 3 aromatic rings. The number of nitrogens with one attached hydrogen (secondary N) is 1. The Morgan fingerprint density at radius 3 is 2.65 bits per heavy atom. The number of halogens is 1. The van der Waals surface area contributed by atoms with Crippen molar-refractivity contribution >= 4 is 39.3 Å². The lowest BCUT2D eigenvalue weighted by atomic mass is 10.1. The maximum absolute atomic E-state index is 12.6. The summed E-state index contributed by atoms with van der Waals surface area (Å²) in [5.41, 5.74) is 1.71. The number of nitro groups is 1. The van der Waals surface area contributed by atoms with E-state index in [1.165, 1.54) is 18.2 Å². The lowest BCUT2D eigenvalue weighted by Crippen LogP contribution is -2.13. The van der Waals surface area contributed by atoms with Crippen LogP contribution in [0.15, 0.2) is 76.8 Å². The highest BCUT2D eigenvalue weighted by molar-refractivity contribution is 9.10. The molecule has 172 valence electrons. The number of rotatable bonds is 9. The van der Waals surface area contributed by atoms with Crippen molar-refractivity contribution in [3.8, 4) is 17.6 Å². The zero-order valence-corrected chi connectivity index (χ0v) is 19.7. The van der Waals surface area contributed by atoms with Gasteiger partial charge in [0.1, 0.15) is 29.7 Å². The molecule has 1 amide bonds. The third kappa shape index (κ3) is 6.67. The Hall–Kier alpha value is -4.16. The fraction of sp³-hybridized carbons (Fsp3) is 0.120. The highest BCUT2D eigenvalue weighted by Gasteiger charge is 2.12. The maximum atomic E-state index is 12.6. The van der Waals surface area contributed by atoms with E-state index in [0.717, 1.165) is 0 Å². The Balaban J connectivity index is 1.69. The Labute approximate surface area is 204 Å². The van der Waals surface area contributed by atoms with E-state index in [-0.39, 0.29) is 17.9 Å². The van der Waals surface area contributed by atoms with Crippen LogP contribution in [0, 0.1) is 21.4 Å². The average molecular weight is 522 g/mol. The highest BCUT2D eigenvalue weighted by Crippen LogP contribution is 2.28. The van der Waals surface area contributed by atoms with E-state index in [1.807, 2.05) is 13.0 Å².